The van der Waals surface area contributed by atoms with Crippen molar-refractivity contribution in [1.29, 1.82) is 0 Å². The fraction of sp³-hybridized carbons (Fsp3) is 0.391. The topological polar surface area (TPSA) is 61.9 Å². The first kappa shape index (κ1) is 23.6. The molecule has 2 amide bonds. The summed E-state index contributed by atoms with van der Waals surface area (Å²) in [7, 11) is 3.96. The first-order valence-corrected chi connectivity index (χ1v) is 10.3. The van der Waals surface area contributed by atoms with Crippen molar-refractivity contribution >= 4 is 23.2 Å². The number of benzene rings is 2. The number of hydrogen-bond acceptors (Lipinski definition) is 4. The third-order valence-corrected chi connectivity index (χ3v) is 5.02. The van der Waals surface area contributed by atoms with Crippen LogP contribution >= 0.6 is 0 Å². The second-order valence-electron chi connectivity index (χ2n) is 7.90. The Morgan fingerprint density at radius 2 is 1.88 bits per heavy atom. The number of anilines is 2. The summed E-state index contributed by atoms with van der Waals surface area (Å²) in [4.78, 5) is 28.0. The van der Waals surface area contributed by atoms with E-state index >= 15 is 0 Å². The molecule has 0 saturated carbocycles. The molecule has 0 spiro atoms. The molecule has 1 aliphatic rings. The van der Waals surface area contributed by atoms with Crippen LogP contribution < -0.4 is 15.0 Å². The summed E-state index contributed by atoms with van der Waals surface area (Å²) in [6.45, 7) is 1.78. The molecule has 0 aromatic heterocycles. The van der Waals surface area contributed by atoms with Crippen molar-refractivity contribution in [1.82, 2.24) is 4.90 Å². The van der Waals surface area contributed by atoms with Gasteiger partial charge >= 0.3 is 6.18 Å². The molecule has 0 atom stereocenters. The van der Waals surface area contributed by atoms with Crippen molar-refractivity contribution in [2.45, 2.75) is 25.4 Å². The van der Waals surface area contributed by atoms with Gasteiger partial charge in [0.05, 0.1) is 12.2 Å². The van der Waals surface area contributed by atoms with Gasteiger partial charge in [-0.15, -0.1) is 0 Å². The second-order valence-corrected chi connectivity index (χ2v) is 7.90. The number of amides is 2. The lowest BCUT2D eigenvalue weighted by Gasteiger charge is -2.19. The van der Waals surface area contributed by atoms with Crippen LogP contribution in [0.15, 0.2) is 42.5 Å². The van der Waals surface area contributed by atoms with E-state index in [1.807, 2.05) is 14.1 Å². The van der Waals surface area contributed by atoms with E-state index in [-0.39, 0.29) is 23.6 Å². The fourth-order valence-corrected chi connectivity index (χ4v) is 3.39. The Bertz CT molecular complexity index is 959. The van der Waals surface area contributed by atoms with E-state index in [1.165, 1.54) is 11.0 Å². The molecule has 2 aromatic rings. The van der Waals surface area contributed by atoms with Gasteiger partial charge in [0.1, 0.15) is 5.75 Å². The highest BCUT2D eigenvalue weighted by atomic mass is 19.4. The van der Waals surface area contributed by atoms with Gasteiger partial charge in [-0.05, 0) is 69.4 Å². The second kappa shape index (κ2) is 10.0. The lowest BCUT2D eigenvalue weighted by Crippen LogP contribution is -2.25. The van der Waals surface area contributed by atoms with E-state index in [1.54, 1.807) is 24.3 Å². The van der Waals surface area contributed by atoms with E-state index in [2.05, 4.69) is 10.2 Å². The Morgan fingerprint density at radius 1 is 1.16 bits per heavy atom. The van der Waals surface area contributed by atoms with Gasteiger partial charge in [-0.2, -0.15) is 13.2 Å². The molecule has 9 heteroatoms. The smallest absolute Gasteiger partial charge is 0.416 e. The first-order chi connectivity index (χ1) is 15.1. The number of alkyl halides is 3. The molecule has 3 rings (SSSR count). The number of nitrogens with zero attached hydrogens (tertiary/aromatic N) is 2. The van der Waals surface area contributed by atoms with Gasteiger partial charge in [-0.1, -0.05) is 0 Å². The number of nitrogens with one attached hydrogen (secondary N) is 1. The lowest BCUT2D eigenvalue weighted by molar-refractivity contribution is -0.137. The molecular formula is C23H26F3N3O3. The molecule has 0 aliphatic carbocycles. The van der Waals surface area contributed by atoms with Crippen LogP contribution in [0.1, 0.15) is 35.2 Å². The lowest BCUT2D eigenvalue weighted by atomic mass is 10.1. The SMILES string of the molecule is CN(C)CCCOc1ccc(NC(=O)c2cc(N3CCCC3=O)cc(C(F)(F)F)c2)cc1. The monoisotopic (exact) mass is 449 g/mol. The van der Waals surface area contributed by atoms with Crippen molar-refractivity contribution in [3.63, 3.8) is 0 Å². The minimum Gasteiger partial charge on any atom is -0.494 e. The van der Waals surface area contributed by atoms with Gasteiger partial charge < -0.3 is 19.9 Å². The van der Waals surface area contributed by atoms with Crippen LogP contribution in [0, 0.1) is 0 Å². The largest absolute Gasteiger partial charge is 0.494 e. The molecule has 32 heavy (non-hydrogen) atoms. The molecule has 172 valence electrons. The Morgan fingerprint density at radius 3 is 2.47 bits per heavy atom. The molecule has 1 aliphatic heterocycles. The van der Waals surface area contributed by atoms with E-state index in [0.29, 0.717) is 31.0 Å². The Kier molecular flexibility index (Phi) is 7.40. The zero-order valence-corrected chi connectivity index (χ0v) is 18.0. The molecule has 2 aromatic carbocycles. The minimum atomic E-state index is -4.64. The fourth-order valence-electron chi connectivity index (χ4n) is 3.39. The Balaban J connectivity index is 1.72. The predicted molar refractivity (Wildman–Crippen MR) is 116 cm³/mol. The zero-order chi connectivity index (χ0) is 23.3. The average molecular weight is 449 g/mol. The summed E-state index contributed by atoms with van der Waals surface area (Å²) in [6, 6.07) is 9.63. The summed E-state index contributed by atoms with van der Waals surface area (Å²) < 4.78 is 45.8. The van der Waals surface area contributed by atoms with Crippen molar-refractivity contribution in [3.8, 4) is 5.75 Å². The maximum atomic E-state index is 13.4. The summed E-state index contributed by atoms with van der Waals surface area (Å²) >= 11 is 0. The summed E-state index contributed by atoms with van der Waals surface area (Å²) in [5.41, 5.74) is -0.638. The van der Waals surface area contributed by atoms with Gasteiger partial charge in [0.25, 0.3) is 5.91 Å². The van der Waals surface area contributed by atoms with E-state index in [0.717, 1.165) is 25.1 Å². The predicted octanol–water partition coefficient (Wildman–Crippen LogP) is 4.42. The third kappa shape index (κ3) is 6.23. The number of carbonyl (C=O) groups is 2. The molecule has 1 saturated heterocycles. The van der Waals surface area contributed by atoms with Crippen molar-refractivity contribution in [2.75, 3.05) is 44.0 Å². The summed E-state index contributed by atoms with van der Waals surface area (Å²) in [5, 5.41) is 2.60. The first-order valence-electron chi connectivity index (χ1n) is 10.3. The number of hydrogen-bond donors (Lipinski definition) is 1. The molecule has 6 nitrogen and oxygen atoms in total. The molecule has 0 unspecified atom stereocenters. The number of rotatable bonds is 8. The van der Waals surface area contributed by atoms with E-state index in [9.17, 15) is 22.8 Å². The average Bonchev–Trinajstić information content (AvgIpc) is 3.17. The highest BCUT2D eigenvalue weighted by Crippen LogP contribution is 2.34. The normalized spacial score (nSPS) is 14.2. The standard InChI is InChI=1S/C23H26F3N3O3/c1-28(2)10-4-12-32-20-8-6-18(7-9-20)27-22(31)16-13-17(23(24,25)26)15-19(14-16)29-11-3-5-21(29)30/h6-9,13-15H,3-5,10-12H2,1-2H3,(H,27,31). The van der Waals surface area contributed by atoms with Gasteiger partial charge in [0.2, 0.25) is 5.91 Å². The zero-order valence-electron chi connectivity index (χ0n) is 18.0. The summed E-state index contributed by atoms with van der Waals surface area (Å²) in [6.07, 6.45) is -2.93. The maximum absolute atomic E-state index is 13.4. The number of halogens is 3. The van der Waals surface area contributed by atoms with Gasteiger partial charge in [-0.25, -0.2) is 0 Å². The van der Waals surface area contributed by atoms with Crippen LogP contribution in [-0.2, 0) is 11.0 Å². The van der Waals surface area contributed by atoms with Crippen LogP contribution in [0.4, 0.5) is 24.5 Å². The molecule has 1 heterocycles. The molecule has 1 fully saturated rings. The molecule has 1 N–H and O–H groups in total. The van der Waals surface area contributed by atoms with E-state index < -0.39 is 17.6 Å². The van der Waals surface area contributed by atoms with E-state index in [4.69, 9.17) is 4.74 Å². The van der Waals surface area contributed by atoms with Gasteiger partial charge in [-0.3, -0.25) is 9.59 Å². The quantitative estimate of drug-likeness (QED) is 0.607. The van der Waals surface area contributed by atoms with Crippen LogP contribution in [0.2, 0.25) is 0 Å². The third-order valence-electron chi connectivity index (χ3n) is 5.02. The van der Waals surface area contributed by atoms with Crippen molar-refractivity contribution in [3.05, 3.63) is 53.6 Å². The van der Waals surface area contributed by atoms with Crippen LogP contribution in [0.3, 0.4) is 0 Å². The Hall–Kier alpha value is -3.07. The van der Waals surface area contributed by atoms with Crippen LogP contribution in [-0.4, -0.2) is 50.5 Å². The Labute approximate surface area is 184 Å². The molecule has 0 bridgehead atoms. The minimum absolute atomic E-state index is 0.0777. The van der Waals surface area contributed by atoms with Crippen molar-refractivity contribution in [2.24, 2.45) is 0 Å². The van der Waals surface area contributed by atoms with Crippen molar-refractivity contribution < 1.29 is 27.5 Å². The summed E-state index contributed by atoms with van der Waals surface area (Å²) in [5.74, 6) is -0.309. The highest BCUT2D eigenvalue weighted by Gasteiger charge is 2.33. The molecular weight excluding hydrogens is 423 g/mol. The van der Waals surface area contributed by atoms with Crippen LogP contribution in [0.5, 0.6) is 5.75 Å². The highest BCUT2D eigenvalue weighted by molar-refractivity contribution is 6.06. The number of carbonyl (C=O) groups excluding carboxylic acids is 2. The van der Waals surface area contributed by atoms with Gasteiger partial charge in [0, 0.05) is 36.4 Å². The number of ether oxygens (including phenoxy) is 1. The van der Waals surface area contributed by atoms with Gasteiger partial charge in [0.15, 0.2) is 0 Å². The molecule has 0 radical (unpaired) electrons. The van der Waals surface area contributed by atoms with Crippen LogP contribution in [0.25, 0.3) is 0 Å². The maximum Gasteiger partial charge on any atom is 0.416 e.